The first-order valence-corrected chi connectivity index (χ1v) is 12.4. The topological polar surface area (TPSA) is 84.3 Å². The van der Waals surface area contributed by atoms with Gasteiger partial charge in [0.2, 0.25) is 0 Å². The van der Waals surface area contributed by atoms with E-state index in [0.29, 0.717) is 30.4 Å². The van der Waals surface area contributed by atoms with Gasteiger partial charge in [0.1, 0.15) is 10.7 Å². The Balaban J connectivity index is 1.44. The normalized spacial score (nSPS) is 15.6. The molecular formula is C23H23ClN4O3S. The molecule has 7 nitrogen and oxygen atoms in total. The van der Waals surface area contributed by atoms with Gasteiger partial charge in [-0.3, -0.25) is 9.10 Å². The number of amides is 1. The van der Waals surface area contributed by atoms with Crippen LogP contribution in [0.2, 0.25) is 5.02 Å². The molecule has 0 bridgehead atoms. The second-order valence-electron chi connectivity index (χ2n) is 8.36. The molecule has 0 spiro atoms. The zero-order chi connectivity index (χ0) is 22.5. The molecule has 0 unspecified atom stereocenters. The van der Waals surface area contributed by atoms with Crippen LogP contribution in [0.15, 0.2) is 53.6 Å². The van der Waals surface area contributed by atoms with E-state index >= 15 is 0 Å². The van der Waals surface area contributed by atoms with Gasteiger partial charge in [-0.1, -0.05) is 29.8 Å². The number of aryl methyl sites for hydroxylation is 1. The number of carbonyl (C=O) groups excluding carboxylic acids is 1. The van der Waals surface area contributed by atoms with Gasteiger partial charge in [0.15, 0.2) is 0 Å². The Morgan fingerprint density at radius 1 is 1.22 bits per heavy atom. The number of fused-ring (bicyclic) bond motifs is 1. The number of nitrogens with zero attached hydrogens (tertiary/aromatic N) is 3. The number of para-hydroxylation sites is 1. The Morgan fingerprint density at radius 2 is 2.00 bits per heavy atom. The van der Waals surface area contributed by atoms with Crippen molar-refractivity contribution in [1.29, 1.82) is 0 Å². The SMILES string of the molecule is Cc1cnn(CC2CC2)c1NC(=O)c1ccc(Cl)c(S(=O)(=O)N2CCc3ccccc32)c1. The zero-order valence-corrected chi connectivity index (χ0v) is 19.2. The van der Waals surface area contributed by atoms with Crippen molar-refractivity contribution in [1.82, 2.24) is 9.78 Å². The van der Waals surface area contributed by atoms with Crippen LogP contribution in [0, 0.1) is 12.8 Å². The summed E-state index contributed by atoms with van der Waals surface area (Å²) in [7, 11) is -3.92. The maximum Gasteiger partial charge on any atom is 0.265 e. The van der Waals surface area contributed by atoms with Gasteiger partial charge >= 0.3 is 0 Å². The molecule has 5 rings (SSSR count). The molecule has 1 aliphatic heterocycles. The lowest BCUT2D eigenvalue weighted by Crippen LogP contribution is -2.29. The van der Waals surface area contributed by atoms with Crippen LogP contribution in [0.25, 0.3) is 0 Å². The molecule has 1 aromatic heterocycles. The molecule has 0 saturated heterocycles. The van der Waals surface area contributed by atoms with Crippen LogP contribution in [-0.4, -0.2) is 30.7 Å². The van der Waals surface area contributed by atoms with E-state index in [1.807, 2.05) is 25.1 Å². The maximum atomic E-state index is 13.4. The molecule has 0 atom stereocenters. The number of benzene rings is 2. The quantitative estimate of drug-likeness (QED) is 0.583. The molecule has 1 aliphatic carbocycles. The standard InChI is InChI=1S/C23H23ClN4O3S/c1-15-13-25-27(14-16-6-7-16)22(15)26-23(29)18-8-9-19(24)21(12-18)32(30,31)28-11-10-17-4-2-3-5-20(17)28/h2-5,8-9,12-13,16H,6-7,10-11,14H2,1H3,(H,26,29). The van der Waals surface area contributed by atoms with Gasteiger partial charge in [-0.25, -0.2) is 13.1 Å². The number of rotatable bonds is 6. The van der Waals surface area contributed by atoms with Crippen LogP contribution in [-0.2, 0) is 23.0 Å². The van der Waals surface area contributed by atoms with Gasteiger partial charge in [0.05, 0.1) is 16.9 Å². The fourth-order valence-electron chi connectivity index (χ4n) is 4.02. The van der Waals surface area contributed by atoms with E-state index < -0.39 is 15.9 Å². The second-order valence-corrected chi connectivity index (χ2v) is 10.6. The van der Waals surface area contributed by atoms with Crippen LogP contribution in [0.4, 0.5) is 11.5 Å². The number of halogens is 1. The molecule has 0 radical (unpaired) electrons. The lowest BCUT2D eigenvalue weighted by atomic mass is 10.2. The number of anilines is 2. The molecule has 1 amide bonds. The fourth-order valence-corrected chi connectivity index (χ4v) is 6.03. The molecule has 2 aliphatic rings. The van der Waals surface area contributed by atoms with Gasteiger partial charge in [-0.15, -0.1) is 0 Å². The van der Waals surface area contributed by atoms with Gasteiger partial charge in [0, 0.05) is 24.2 Å². The minimum Gasteiger partial charge on any atom is -0.307 e. The minimum absolute atomic E-state index is 0.0771. The Labute approximate surface area is 192 Å². The summed E-state index contributed by atoms with van der Waals surface area (Å²) >= 11 is 6.30. The lowest BCUT2D eigenvalue weighted by molar-refractivity contribution is 0.102. The molecular weight excluding hydrogens is 448 g/mol. The number of sulfonamides is 1. The van der Waals surface area contributed by atoms with Crippen molar-refractivity contribution in [2.75, 3.05) is 16.2 Å². The number of hydrogen-bond acceptors (Lipinski definition) is 4. The maximum absolute atomic E-state index is 13.4. The van der Waals surface area contributed by atoms with E-state index in [1.54, 1.807) is 16.9 Å². The van der Waals surface area contributed by atoms with E-state index in [1.165, 1.54) is 35.3 Å². The van der Waals surface area contributed by atoms with Crippen molar-refractivity contribution in [3.63, 3.8) is 0 Å². The number of aromatic nitrogens is 2. The molecule has 3 aromatic rings. The Hall–Kier alpha value is -2.84. The second kappa shape index (κ2) is 7.94. The minimum atomic E-state index is -3.92. The van der Waals surface area contributed by atoms with Crippen LogP contribution in [0.3, 0.4) is 0 Å². The van der Waals surface area contributed by atoms with Gasteiger partial charge in [-0.2, -0.15) is 5.10 Å². The molecule has 9 heteroatoms. The smallest absolute Gasteiger partial charge is 0.265 e. The predicted molar refractivity (Wildman–Crippen MR) is 124 cm³/mol. The highest BCUT2D eigenvalue weighted by Crippen LogP contribution is 2.35. The summed E-state index contributed by atoms with van der Waals surface area (Å²) in [5, 5.41) is 7.35. The summed E-state index contributed by atoms with van der Waals surface area (Å²) in [6.07, 6.45) is 4.70. The van der Waals surface area contributed by atoms with Gasteiger partial charge in [-0.05, 0) is 61.9 Å². The Kier molecular flexibility index (Phi) is 5.22. The zero-order valence-electron chi connectivity index (χ0n) is 17.6. The van der Waals surface area contributed by atoms with Crippen molar-refractivity contribution >= 4 is 39.0 Å². The molecule has 2 heterocycles. The van der Waals surface area contributed by atoms with E-state index in [9.17, 15) is 13.2 Å². The van der Waals surface area contributed by atoms with Crippen molar-refractivity contribution < 1.29 is 13.2 Å². The molecule has 2 aromatic carbocycles. The summed E-state index contributed by atoms with van der Waals surface area (Å²) in [4.78, 5) is 12.9. The molecule has 32 heavy (non-hydrogen) atoms. The largest absolute Gasteiger partial charge is 0.307 e. The number of carbonyl (C=O) groups is 1. The monoisotopic (exact) mass is 470 g/mol. The fraction of sp³-hybridized carbons (Fsp3) is 0.304. The van der Waals surface area contributed by atoms with Crippen LogP contribution in [0.5, 0.6) is 0 Å². The first kappa shape index (κ1) is 21.0. The van der Waals surface area contributed by atoms with Crippen molar-refractivity contribution in [3.8, 4) is 0 Å². The number of hydrogen-bond donors (Lipinski definition) is 1. The highest BCUT2D eigenvalue weighted by atomic mass is 35.5. The molecule has 1 N–H and O–H groups in total. The van der Waals surface area contributed by atoms with Crippen LogP contribution < -0.4 is 9.62 Å². The number of nitrogens with one attached hydrogen (secondary N) is 1. The van der Waals surface area contributed by atoms with E-state index in [4.69, 9.17) is 11.6 Å². The van der Waals surface area contributed by atoms with Gasteiger partial charge in [0.25, 0.3) is 15.9 Å². The summed E-state index contributed by atoms with van der Waals surface area (Å²) in [6, 6.07) is 11.8. The van der Waals surface area contributed by atoms with Crippen LogP contribution in [0.1, 0.15) is 34.3 Å². The van der Waals surface area contributed by atoms with Crippen molar-refractivity contribution in [2.45, 2.75) is 37.6 Å². The van der Waals surface area contributed by atoms with E-state index in [2.05, 4.69) is 10.4 Å². The average molecular weight is 471 g/mol. The van der Waals surface area contributed by atoms with Gasteiger partial charge < -0.3 is 5.32 Å². The lowest BCUT2D eigenvalue weighted by Gasteiger charge is -2.20. The third kappa shape index (κ3) is 3.78. The van der Waals surface area contributed by atoms with Crippen molar-refractivity contribution in [3.05, 3.63) is 70.4 Å². The van der Waals surface area contributed by atoms with E-state index in [0.717, 1.165) is 17.7 Å². The molecule has 1 saturated carbocycles. The highest BCUT2D eigenvalue weighted by molar-refractivity contribution is 7.93. The predicted octanol–water partition coefficient (Wildman–Crippen LogP) is 4.26. The average Bonchev–Trinajstić information content (AvgIpc) is 3.38. The summed E-state index contributed by atoms with van der Waals surface area (Å²) in [6.45, 7) is 2.99. The van der Waals surface area contributed by atoms with E-state index in [-0.39, 0.29) is 15.5 Å². The Morgan fingerprint density at radius 3 is 2.78 bits per heavy atom. The first-order chi connectivity index (χ1) is 15.3. The summed E-state index contributed by atoms with van der Waals surface area (Å²) in [5.41, 5.74) is 2.70. The third-order valence-corrected chi connectivity index (χ3v) is 8.28. The van der Waals surface area contributed by atoms with Crippen molar-refractivity contribution in [2.24, 2.45) is 5.92 Å². The third-order valence-electron chi connectivity index (χ3n) is 5.99. The molecule has 1 fully saturated rings. The highest BCUT2D eigenvalue weighted by Gasteiger charge is 2.33. The summed E-state index contributed by atoms with van der Waals surface area (Å²) in [5.74, 6) is 0.830. The Bertz CT molecular complexity index is 1310. The van der Waals surface area contributed by atoms with Crippen LogP contribution >= 0.6 is 11.6 Å². The first-order valence-electron chi connectivity index (χ1n) is 10.6. The molecule has 166 valence electrons. The summed E-state index contributed by atoms with van der Waals surface area (Å²) < 4.78 is 30.1.